The zero-order valence-corrected chi connectivity index (χ0v) is 9.87. The Morgan fingerprint density at radius 1 is 1.50 bits per heavy atom. The van der Waals surface area contributed by atoms with E-state index < -0.39 is 0 Å². The third-order valence-corrected chi connectivity index (χ3v) is 2.88. The fourth-order valence-corrected chi connectivity index (χ4v) is 1.96. The van der Waals surface area contributed by atoms with E-state index in [2.05, 4.69) is 10.3 Å². The van der Waals surface area contributed by atoms with Crippen LogP contribution in [0.5, 0.6) is 0 Å². The van der Waals surface area contributed by atoms with Crippen LogP contribution in [-0.2, 0) is 10.5 Å². The molecule has 2 N–H and O–H groups in total. The molecular weight excluding hydrogens is 224 g/mol. The maximum absolute atomic E-state index is 11.2. The number of carbonyl (C=O) groups is 1. The average Bonchev–Trinajstić information content (AvgIpc) is 2.33. The lowest BCUT2D eigenvalue weighted by Crippen LogP contribution is -2.26. The molecule has 16 heavy (non-hydrogen) atoms. The molecule has 0 aromatic carbocycles. The Morgan fingerprint density at radius 3 is 3.06 bits per heavy atom. The topological polar surface area (TPSA) is 62.2 Å². The molecule has 4 nitrogen and oxygen atoms in total. The zero-order chi connectivity index (χ0) is 11.6. The van der Waals surface area contributed by atoms with Crippen molar-refractivity contribution in [1.82, 2.24) is 10.3 Å². The Kier molecular flexibility index (Phi) is 6.60. The average molecular weight is 240 g/mol. The van der Waals surface area contributed by atoms with Gasteiger partial charge in [-0.25, -0.2) is 0 Å². The maximum atomic E-state index is 11.2. The molecule has 0 aliphatic carbocycles. The molecule has 88 valence electrons. The summed E-state index contributed by atoms with van der Waals surface area (Å²) in [7, 11) is 0. The minimum Gasteiger partial charge on any atom is -0.395 e. The number of rotatable bonds is 7. The van der Waals surface area contributed by atoms with Crippen LogP contribution in [0.3, 0.4) is 0 Å². The van der Waals surface area contributed by atoms with Crippen LogP contribution in [0.25, 0.3) is 0 Å². The molecule has 0 saturated heterocycles. The molecule has 5 heteroatoms. The van der Waals surface area contributed by atoms with Crippen LogP contribution >= 0.6 is 11.8 Å². The Morgan fingerprint density at radius 2 is 2.38 bits per heavy atom. The molecule has 0 aliphatic rings. The summed E-state index contributed by atoms with van der Waals surface area (Å²) in [5, 5.41) is 11.1. The molecule has 1 heterocycles. The number of nitrogens with zero attached hydrogens (tertiary/aromatic N) is 1. The van der Waals surface area contributed by atoms with E-state index in [4.69, 9.17) is 5.11 Å². The molecule has 1 amide bonds. The number of pyridine rings is 1. The predicted molar refractivity (Wildman–Crippen MR) is 65.1 cm³/mol. The van der Waals surface area contributed by atoms with Crippen molar-refractivity contribution in [2.75, 3.05) is 18.9 Å². The van der Waals surface area contributed by atoms with Crippen molar-refractivity contribution in [3.63, 3.8) is 0 Å². The summed E-state index contributed by atoms with van der Waals surface area (Å²) in [6.45, 7) is 0.330. The molecule has 0 unspecified atom stereocenters. The smallest absolute Gasteiger partial charge is 0.220 e. The number of thioether (sulfide) groups is 1. The number of carbonyl (C=O) groups excluding carboxylic acids is 1. The van der Waals surface area contributed by atoms with Crippen LogP contribution in [0.2, 0.25) is 0 Å². The van der Waals surface area contributed by atoms with Gasteiger partial charge in [0.1, 0.15) is 0 Å². The third kappa shape index (κ3) is 5.72. The van der Waals surface area contributed by atoms with Crippen molar-refractivity contribution < 1.29 is 9.90 Å². The maximum Gasteiger partial charge on any atom is 0.220 e. The Hall–Kier alpha value is -1.07. The van der Waals surface area contributed by atoms with E-state index in [1.807, 2.05) is 18.2 Å². The van der Waals surface area contributed by atoms with Crippen LogP contribution in [-0.4, -0.2) is 34.9 Å². The first kappa shape index (κ1) is 13.0. The van der Waals surface area contributed by atoms with Gasteiger partial charge in [-0.1, -0.05) is 6.07 Å². The highest BCUT2D eigenvalue weighted by molar-refractivity contribution is 7.98. The second-order valence-corrected chi connectivity index (χ2v) is 4.30. The number of hydrogen-bond donors (Lipinski definition) is 2. The number of hydrogen-bond acceptors (Lipinski definition) is 4. The second kappa shape index (κ2) is 8.13. The van der Waals surface area contributed by atoms with Gasteiger partial charge >= 0.3 is 0 Å². The highest BCUT2D eigenvalue weighted by Gasteiger charge is 2.00. The van der Waals surface area contributed by atoms with Crippen LogP contribution < -0.4 is 5.32 Å². The van der Waals surface area contributed by atoms with Gasteiger partial charge in [0.05, 0.1) is 12.3 Å². The first-order chi connectivity index (χ1) is 7.83. The van der Waals surface area contributed by atoms with Gasteiger partial charge in [-0.15, -0.1) is 0 Å². The summed E-state index contributed by atoms with van der Waals surface area (Å²) in [5.41, 5.74) is 1.03. The SMILES string of the molecule is O=C(CCSCc1ccccn1)NCCO. The largest absolute Gasteiger partial charge is 0.395 e. The standard InChI is InChI=1S/C11H16N2O2S/c14-7-6-13-11(15)4-8-16-9-10-3-1-2-5-12-10/h1-3,5,14H,4,6-9H2,(H,13,15). The highest BCUT2D eigenvalue weighted by Crippen LogP contribution is 2.10. The van der Waals surface area contributed by atoms with Gasteiger partial charge < -0.3 is 10.4 Å². The molecule has 1 aromatic heterocycles. The lowest BCUT2D eigenvalue weighted by Gasteiger charge is -2.03. The Balaban J connectivity index is 2.06. The Labute approximate surface area is 99.5 Å². The zero-order valence-electron chi connectivity index (χ0n) is 9.06. The molecule has 0 radical (unpaired) electrons. The number of nitrogens with one attached hydrogen (secondary N) is 1. The van der Waals surface area contributed by atoms with Crippen molar-refractivity contribution >= 4 is 17.7 Å². The quantitative estimate of drug-likeness (QED) is 0.692. The van der Waals surface area contributed by atoms with Gasteiger partial charge in [-0.05, 0) is 12.1 Å². The first-order valence-electron chi connectivity index (χ1n) is 5.18. The van der Waals surface area contributed by atoms with Crippen molar-refractivity contribution in [3.8, 4) is 0 Å². The van der Waals surface area contributed by atoms with Crippen molar-refractivity contribution in [2.45, 2.75) is 12.2 Å². The van der Waals surface area contributed by atoms with Gasteiger partial charge in [0, 0.05) is 30.7 Å². The Bertz CT molecular complexity index is 306. The summed E-state index contributed by atoms with van der Waals surface area (Å²) in [6.07, 6.45) is 2.25. The molecule has 0 bridgehead atoms. The van der Waals surface area contributed by atoms with Crippen LogP contribution in [0.4, 0.5) is 0 Å². The van der Waals surface area contributed by atoms with E-state index in [1.165, 1.54) is 0 Å². The fourth-order valence-electron chi connectivity index (χ4n) is 1.11. The first-order valence-corrected chi connectivity index (χ1v) is 6.33. The minimum absolute atomic E-state index is 0.00712. The summed E-state index contributed by atoms with van der Waals surface area (Å²) in [6, 6.07) is 5.81. The summed E-state index contributed by atoms with van der Waals surface area (Å²) in [4.78, 5) is 15.4. The van der Waals surface area contributed by atoms with E-state index in [1.54, 1.807) is 18.0 Å². The molecule has 0 fully saturated rings. The van der Waals surface area contributed by atoms with Gasteiger partial charge in [-0.3, -0.25) is 9.78 Å². The second-order valence-electron chi connectivity index (χ2n) is 3.20. The van der Waals surface area contributed by atoms with Crippen molar-refractivity contribution in [2.24, 2.45) is 0 Å². The lowest BCUT2D eigenvalue weighted by atomic mass is 10.4. The summed E-state index contributed by atoms with van der Waals surface area (Å²) < 4.78 is 0. The van der Waals surface area contributed by atoms with E-state index in [9.17, 15) is 4.79 Å². The van der Waals surface area contributed by atoms with Crippen LogP contribution in [0.1, 0.15) is 12.1 Å². The van der Waals surface area contributed by atoms with E-state index in [0.29, 0.717) is 13.0 Å². The van der Waals surface area contributed by atoms with E-state index in [-0.39, 0.29) is 12.5 Å². The number of aliphatic hydroxyl groups is 1. The van der Waals surface area contributed by atoms with E-state index in [0.717, 1.165) is 17.2 Å². The predicted octanol–water partition coefficient (Wildman–Crippen LogP) is 0.813. The number of amides is 1. The number of aromatic nitrogens is 1. The van der Waals surface area contributed by atoms with Crippen molar-refractivity contribution in [3.05, 3.63) is 30.1 Å². The van der Waals surface area contributed by atoms with Crippen LogP contribution in [0, 0.1) is 0 Å². The van der Waals surface area contributed by atoms with Crippen LogP contribution in [0.15, 0.2) is 24.4 Å². The monoisotopic (exact) mass is 240 g/mol. The molecular formula is C11H16N2O2S. The summed E-state index contributed by atoms with van der Waals surface area (Å²) in [5.74, 6) is 1.59. The lowest BCUT2D eigenvalue weighted by molar-refractivity contribution is -0.120. The van der Waals surface area contributed by atoms with Gasteiger partial charge in [0.25, 0.3) is 0 Å². The van der Waals surface area contributed by atoms with Gasteiger partial charge in [0.15, 0.2) is 0 Å². The molecule has 0 spiro atoms. The van der Waals surface area contributed by atoms with Crippen molar-refractivity contribution in [1.29, 1.82) is 0 Å². The molecule has 0 saturated carbocycles. The minimum atomic E-state index is -0.0115. The highest BCUT2D eigenvalue weighted by atomic mass is 32.2. The molecule has 0 atom stereocenters. The van der Waals surface area contributed by atoms with E-state index >= 15 is 0 Å². The molecule has 1 rings (SSSR count). The fraction of sp³-hybridized carbons (Fsp3) is 0.455. The molecule has 1 aromatic rings. The normalized spacial score (nSPS) is 10.1. The molecule has 0 aliphatic heterocycles. The van der Waals surface area contributed by atoms with Gasteiger partial charge in [0.2, 0.25) is 5.91 Å². The van der Waals surface area contributed by atoms with Gasteiger partial charge in [-0.2, -0.15) is 11.8 Å². The summed E-state index contributed by atoms with van der Waals surface area (Å²) >= 11 is 1.68. The third-order valence-electron chi connectivity index (χ3n) is 1.88. The number of aliphatic hydroxyl groups excluding tert-OH is 1.